The molecule has 0 aliphatic rings. The van der Waals surface area contributed by atoms with Gasteiger partial charge in [0.05, 0.1) is 0 Å². The van der Waals surface area contributed by atoms with E-state index in [2.05, 4.69) is 111 Å². The summed E-state index contributed by atoms with van der Waals surface area (Å²) in [5, 5.41) is 6.57. The summed E-state index contributed by atoms with van der Waals surface area (Å²) in [6.45, 7) is 10.0. The molecule has 0 spiro atoms. The summed E-state index contributed by atoms with van der Waals surface area (Å²) in [5.74, 6) is 0. The van der Waals surface area contributed by atoms with Crippen LogP contribution in [0.5, 0.6) is 0 Å². The third-order valence-corrected chi connectivity index (χ3v) is 7.26. The van der Waals surface area contributed by atoms with E-state index in [1.54, 1.807) is 0 Å². The SMILES string of the molecule is C=Cc1c(C=C)n(C)c2ccc3ccccc3c12.Cc1ccc2sc3ccccc3c2c1. The summed E-state index contributed by atoms with van der Waals surface area (Å²) in [6, 6.07) is 28.1. The van der Waals surface area contributed by atoms with E-state index in [0.29, 0.717) is 0 Å². The minimum atomic E-state index is 1.12. The third kappa shape index (κ3) is 3.24. The summed E-state index contributed by atoms with van der Waals surface area (Å²) in [5.41, 5.74) is 4.84. The lowest BCUT2D eigenvalue weighted by molar-refractivity contribution is 0.954. The van der Waals surface area contributed by atoms with Crippen LogP contribution >= 0.6 is 11.3 Å². The second-order valence-electron chi connectivity index (χ2n) is 8.04. The Labute approximate surface area is 192 Å². The second-order valence-corrected chi connectivity index (χ2v) is 9.13. The van der Waals surface area contributed by atoms with Crippen LogP contribution in [0.25, 0.3) is 54.0 Å². The highest BCUT2D eigenvalue weighted by Crippen LogP contribution is 2.34. The average Bonchev–Trinajstić information content (AvgIpc) is 3.33. The van der Waals surface area contributed by atoms with Crippen LogP contribution in [0.2, 0.25) is 0 Å². The second kappa shape index (κ2) is 8.14. The molecule has 6 rings (SSSR count). The summed E-state index contributed by atoms with van der Waals surface area (Å²) in [4.78, 5) is 0. The first kappa shape index (κ1) is 20.3. The van der Waals surface area contributed by atoms with Gasteiger partial charge in [0.25, 0.3) is 0 Å². The fourth-order valence-corrected chi connectivity index (χ4v) is 5.64. The van der Waals surface area contributed by atoms with E-state index in [9.17, 15) is 0 Å². The number of nitrogens with zero attached hydrogens (tertiary/aromatic N) is 1. The van der Waals surface area contributed by atoms with Crippen molar-refractivity contribution in [2.24, 2.45) is 7.05 Å². The van der Waals surface area contributed by atoms with Gasteiger partial charge in [0.15, 0.2) is 0 Å². The summed E-state index contributed by atoms with van der Waals surface area (Å²) < 4.78 is 4.94. The largest absolute Gasteiger partial charge is 0.344 e. The predicted octanol–water partition coefficient (Wildman–Crippen LogP) is 8.98. The van der Waals surface area contributed by atoms with Crippen molar-refractivity contribution in [2.45, 2.75) is 6.92 Å². The number of thiophene rings is 1. The molecule has 0 radical (unpaired) electrons. The van der Waals surface area contributed by atoms with Gasteiger partial charge in [-0.05, 0) is 48.0 Å². The topological polar surface area (TPSA) is 4.93 Å². The molecule has 2 aromatic heterocycles. The van der Waals surface area contributed by atoms with Crippen LogP contribution in [0.15, 0.2) is 92.0 Å². The Bertz CT molecular complexity index is 1630. The Hall–Kier alpha value is -3.62. The van der Waals surface area contributed by atoms with Gasteiger partial charge in [0.1, 0.15) is 0 Å². The van der Waals surface area contributed by atoms with E-state index in [1.807, 2.05) is 23.5 Å². The van der Waals surface area contributed by atoms with Crippen molar-refractivity contribution < 1.29 is 0 Å². The summed E-state index contributed by atoms with van der Waals surface area (Å²) >= 11 is 1.87. The molecule has 2 heteroatoms. The normalized spacial score (nSPS) is 11.1. The highest BCUT2D eigenvalue weighted by Gasteiger charge is 2.12. The van der Waals surface area contributed by atoms with Crippen molar-refractivity contribution in [3.05, 3.63) is 109 Å². The van der Waals surface area contributed by atoms with Crippen LogP contribution in [0, 0.1) is 6.92 Å². The molecule has 0 saturated heterocycles. The monoisotopic (exact) mass is 431 g/mol. The minimum Gasteiger partial charge on any atom is -0.344 e. The van der Waals surface area contributed by atoms with E-state index in [0.717, 1.165) is 5.69 Å². The molecule has 0 aliphatic heterocycles. The van der Waals surface area contributed by atoms with Crippen LogP contribution < -0.4 is 0 Å². The molecule has 0 bridgehead atoms. The zero-order chi connectivity index (χ0) is 22.2. The molecule has 0 unspecified atom stereocenters. The summed E-state index contributed by atoms with van der Waals surface area (Å²) in [6.07, 6.45) is 3.82. The van der Waals surface area contributed by atoms with Crippen LogP contribution in [0.4, 0.5) is 0 Å². The van der Waals surface area contributed by atoms with Crippen molar-refractivity contribution in [3.8, 4) is 0 Å². The quantitative estimate of drug-likeness (QED) is 0.258. The molecular weight excluding hydrogens is 406 g/mol. The highest BCUT2D eigenvalue weighted by molar-refractivity contribution is 7.25. The van der Waals surface area contributed by atoms with Crippen LogP contribution in [0.3, 0.4) is 0 Å². The Morgan fingerprint density at radius 1 is 0.750 bits per heavy atom. The van der Waals surface area contributed by atoms with Gasteiger partial charge in [-0.2, -0.15) is 0 Å². The van der Waals surface area contributed by atoms with Gasteiger partial charge in [-0.15, -0.1) is 11.3 Å². The van der Waals surface area contributed by atoms with Crippen LogP contribution in [-0.4, -0.2) is 4.57 Å². The van der Waals surface area contributed by atoms with E-state index >= 15 is 0 Å². The van der Waals surface area contributed by atoms with E-state index < -0.39 is 0 Å². The number of benzene rings is 4. The Kier molecular flexibility index (Phi) is 5.16. The first-order chi connectivity index (χ1) is 15.6. The van der Waals surface area contributed by atoms with Crippen molar-refractivity contribution >= 4 is 65.3 Å². The summed E-state index contributed by atoms with van der Waals surface area (Å²) in [7, 11) is 2.07. The molecule has 0 atom stereocenters. The fourth-order valence-electron chi connectivity index (χ4n) is 4.55. The molecule has 2 heterocycles. The molecule has 0 N–H and O–H groups in total. The van der Waals surface area contributed by atoms with E-state index in [4.69, 9.17) is 0 Å². The van der Waals surface area contributed by atoms with Gasteiger partial charge in [0.2, 0.25) is 0 Å². The number of fused-ring (bicyclic) bond motifs is 6. The molecule has 1 nitrogen and oxygen atoms in total. The zero-order valence-electron chi connectivity index (χ0n) is 18.4. The molecule has 0 fully saturated rings. The lowest BCUT2D eigenvalue weighted by Crippen LogP contribution is -1.90. The fraction of sp³-hybridized carbons (Fsp3) is 0.0667. The van der Waals surface area contributed by atoms with Gasteiger partial charge >= 0.3 is 0 Å². The lowest BCUT2D eigenvalue weighted by Gasteiger charge is -2.01. The number of hydrogen-bond donors (Lipinski definition) is 0. The molecule has 0 saturated carbocycles. The Morgan fingerprint density at radius 2 is 1.47 bits per heavy atom. The van der Waals surface area contributed by atoms with Crippen molar-refractivity contribution in [1.82, 2.24) is 4.57 Å². The maximum atomic E-state index is 3.95. The predicted molar refractivity (Wildman–Crippen MR) is 145 cm³/mol. The maximum Gasteiger partial charge on any atom is 0.0495 e. The lowest BCUT2D eigenvalue weighted by atomic mass is 10.0. The van der Waals surface area contributed by atoms with Crippen molar-refractivity contribution in [3.63, 3.8) is 0 Å². The number of rotatable bonds is 2. The van der Waals surface area contributed by atoms with Gasteiger partial charge in [0, 0.05) is 49.4 Å². The average molecular weight is 432 g/mol. The van der Waals surface area contributed by atoms with Gasteiger partial charge in [-0.25, -0.2) is 0 Å². The number of aromatic nitrogens is 1. The first-order valence-electron chi connectivity index (χ1n) is 10.7. The van der Waals surface area contributed by atoms with E-state index in [-0.39, 0.29) is 0 Å². The smallest absolute Gasteiger partial charge is 0.0495 e. The first-order valence-corrected chi connectivity index (χ1v) is 11.6. The molecule has 32 heavy (non-hydrogen) atoms. The standard InChI is InChI=1S/C17H15N.C13H10S/c1-4-13-15(5-2)18(3)16-11-10-12-8-6-7-9-14(12)17(13)16;1-9-6-7-13-11(8-9)10-4-2-3-5-12(10)14-13/h4-11H,1-2H2,3H3;2-8H,1H3. The highest BCUT2D eigenvalue weighted by atomic mass is 32.1. The van der Waals surface area contributed by atoms with Crippen LogP contribution in [0.1, 0.15) is 16.8 Å². The third-order valence-electron chi connectivity index (χ3n) is 6.10. The van der Waals surface area contributed by atoms with E-state index in [1.165, 1.54) is 53.0 Å². The molecule has 156 valence electrons. The number of aryl methyl sites for hydroxylation is 2. The van der Waals surface area contributed by atoms with Crippen molar-refractivity contribution in [2.75, 3.05) is 0 Å². The number of hydrogen-bond acceptors (Lipinski definition) is 1. The Morgan fingerprint density at radius 3 is 2.25 bits per heavy atom. The molecule has 0 aliphatic carbocycles. The Balaban J connectivity index is 0.000000139. The zero-order valence-corrected chi connectivity index (χ0v) is 19.2. The molecule has 0 amide bonds. The minimum absolute atomic E-state index is 1.12. The van der Waals surface area contributed by atoms with Gasteiger partial charge in [-0.1, -0.05) is 79.4 Å². The maximum absolute atomic E-state index is 3.95. The van der Waals surface area contributed by atoms with Crippen LogP contribution in [-0.2, 0) is 7.05 Å². The van der Waals surface area contributed by atoms with Gasteiger partial charge in [-0.3, -0.25) is 0 Å². The molecule has 6 aromatic rings. The molecule has 4 aromatic carbocycles. The van der Waals surface area contributed by atoms with Crippen molar-refractivity contribution in [1.29, 1.82) is 0 Å². The van der Waals surface area contributed by atoms with Gasteiger partial charge < -0.3 is 4.57 Å². The molecular formula is C30H25NS.